The molecule has 0 atom stereocenters. The van der Waals surface area contributed by atoms with E-state index in [0.29, 0.717) is 5.58 Å². The van der Waals surface area contributed by atoms with Crippen molar-refractivity contribution in [2.45, 2.75) is 45.8 Å². The Morgan fingerprint density at radius 3 is 2.24 bits per heavy atom. The number of hydrogen-bond acceptors (Lipinski definition) is 4. The molecule has 1 aliphatic rings. The number of oxazole rings is 1. The fraction of sp³-hybridized carbons (Fsp3) is 0.533. The quantitative estimate of drug-likeness (QED) is 0.750. The Labute approximate surface area is 124 Å². The number of benzene rings is 1. The highest BCUT2D eigenvalue weighted by molar-refractivity contribution is 6.63. The van der Waals surface area contributed by atoms with Crippen LogP contribution >= 0.6 is 0 Å². The first-order valence-electron chi connectivity index (χ1n) is 7.08. The van der Waals surface area contributed by atoms with E-state index in [9.17, 15) is 4.79 Å². The monoisotopic (exact) mass is 289 g/mol. The molecule has 0 spiro atoms. The number of aryl methyl sites for hydroxylation is 2. The Morgan fingerprint density at radius 1 is 1.10 bits per heavy atom. The van der Waals surface area contributed by atoms with Crippen molar-refractivity contribution >= 4 is 23.7 Å². The molecule has 1 aromatic carbocycles. The van der Waals surface area contributed by atoms with Crippen molar-refractivity contribution in [3.63, 3.8) is 0 Å². The highest BCUT2D eigenvalue weighted by Crippen LogP contribution is 2.36. The molecule has 0 unspecified atom stereocenters. The van der Waals surface area contributed by atoms with Crippen molar-refractivity contribution < 1.29 is 13.7 Å². The lowest BCUT2D eigenvalue weighted by atomic mass is 9.76. The van der Waals surface area contributed by atoms with Gasteiger partial charge in [-0.3, -0.25) is 4.57 Å². The first kappa shape index (κ1) is 14.4. The molecule has 6 heteroatoms. The predicted octanol–water partition coefficient (Wildman–Crippen LogP) is 1.74. The molecule has 2 heterocycles. The van der Waals surface area contributed by atoms with Gasteiger partial charge in [-0.2, -0.15) is 0 Å². The first-order chi connectivity index (χ1) is 9.62. The summed E-state index contributed by atoms with van der Waals surface area (Å²) in [4.78, 5) is 11.6. The van der Waals surface area contributed by atoms with E-state index in [2.05, 4.69) is 0 Å². The molecule has 112 valence electrons. The van der Waals surface area contributed by atoms with Crippen LogP contribution in [-0.4, -0.2) is 22.9 Å². The lowest BCUT2D eigenvalue weighted by Gasteiger charge is -2.32. The molecule has 0 amide bonds. The van der Waals surface area contributed by atoms with E-state index in [-0.39, 0.29) is 17.0 Å². The normalized spacial score (nSPS) is 20.4. The van der Waals surface area contributed by atoms with Crippen LogP contribution in [0.15, 0.2) is 21.3 Å². The molecule has 3 rings (SSSR count). The molecule has 0 N–H and O–H groups in total. The molecular weight excluding hydrogens is 269 g/mol. The van der Waals surface area contributed by atoms with Gasteiger partial charge in [-0.1, -0.05) is 0 Å². The third-order valence-electron chi connectivity index (χ3n) is 4.69. The summed E-state index contributed by atoms with van der Waals surface area (Å²) >= 11 is 0. The fourth-order valence-electron chi connectivity index (χ4n) is 2.51. The van der Waals surface area contributed by atoms with Gasteiger partial charge in [0.1, 0.15) is 0 Å². The van der Waals surface area contributed by atoms with Crippen LogP contribution < -0.4 is 11.2 Å². The predicted molar refractivity (Wildman–Crippen MR) is 81.9 cm³/mol. The molecule has 0 bridgehead atoms. The van der Waals surface area contributed by atoms with E-state index in [1.54, 1.807) is 7.05 Å². The molecule has 1 aromatic heterocycles. The zero-order valence-electron chi connectivity index (χ0n) is 13.3. The van der Waals surface area contributed by atoms with Crippen LogP contribution in [0.2, 0.25) is 0 Å². The van der Waals surface area contributed by atoms with Gasteiger partial charge in [0.25, 0.3) is 0 Å². The molecule has 1 aliphatic heterocycles. The lowest BCUT2D eigenvalue weighted by molar-refractivity contribution is 0.00578. The maximum Gasteiger partial charge on any atom is 0.495 e. The largest absolute Gasteiger partial charge is 0.495 e. The van der Waals surface area contributed by atoms with Crippen molar-refractivity contribution in [1.29, 1.82) is 0 Å². The highest BCUT2D eigenvalue weighted by atomic mass is 16.7. The summed E-state index contributed by atoms with van der Waals surface area (Å²) in [6.45, 7) is 10.1. The minimum atomic E-state index is -0.440. The summed E-state index contributed by atoms with van der Waals surface area (Å²) in [5.74, 6) is -0.365. The van der Waals surface area contributed by atoms with Crippen LogP contribution in [0, 0.1) is 6.92 Å². The molecule has 1 saturated heterocycles. The number of hydrogen-bond donors (Lipinski definition) is 0. The average molecular weight is 289 g/mol. The summed E-state index contributed by atoms with van der Waals surface area (Å²) < 4.78 is 18.9. The van der Waals surface area contributed by atoms with Gasteiger partial charge in [0.05, 0.1) is 16.7 Å². The van der Waals surface area contributed by atoms with Crippen molar-refractivity contribution in [1.82, 2.24) is 4.57 Å². The first-order valence-corrected chi connectivity index (χ1v) is 7.08. The van der Waals surface area contributed by atoms with Crippen LogP contribution in [0.5, 0.6) is 0 Å². The third kappa shape index (κ3) is 2.05. The van der Waals surface area contributed by atoms with Crippen LogP contribution in [0.25, 0.3) is 11.1 Å². The maximum atomic E-state index is 11.6. The van der Waals surface area contributed by atoms with Crippen molar-refractivity contribution in [2.75, 3.05) is 0 Å². The Balaban J connectivity index is 2.12. The molecule has 1 fully saturated rings. The number of nitrogens with zero attached hydrogens (tertiary/aromatic N) is 1. The van der Waals surface area contributed by atoms with E-state index >= 15 is 0 Å². The molecular formula is C15H20BNO4. The molecule has 21 heavy (non-hydrogen) atoms. The van der Waals surface area contributed by atoms with Gasteiger partial charge in [0.15, 0.2) is 5.58 Å². The number of rotatable bonds is 1. The Bertz CT molecular complexity index is 756. The van der Waals surface area contributed by atoms with E-state index in [0.717, 1.165) is 16.5 Å². The zero-order valence-corrected chi connectivity index (χ0v) is 13.3. The Morgan fingerprint density at radius 2 is 1.67 bits per heavy atom. The van der Waals surface area contributed by atoms with Gasteiger partial charge in [-0.05, 0) is 57.8 Å². The van der Waals surface area contributed by atoms with E-state index < -0.39 is 7.12 Å². The van der Waals surface area contributed by atoms with Gasteiger partial charge in [0.2, 0.25) is 0 Å². The second-order valence-electron chi connectivity index (χ2n) is 6.69. The van der Waals surface area contributed by atoms with E-state index in [1.807, 2.05) is 46.8 Å². The maximum absolute atomic E-state index is 11.6. The van der Waals surface area contributed by atoms with Crippen LogP contribution in [0.1, 0.15) is 33.3 Å². The van der Waals surface area contributed by atoms with Crippen molar-refractivity contribution in [3.8, 4) is 0 Å². The Hall–Kier alpha value is -1.53. The minimum absolute atomic E-state index is 0.365. The summed E-state index contributed by atoms with van der Waals surface area (Å²) in [5, 5.41) is 0. The molecule has 5 nitrogen and oxygen atoms in total. The minimum Gasteiger partial charge on any atom is -0.408 e. The van der Waals surface area contributed by atoms with Gasteiger partial charge in [-0.15, -0.1) is 0 Å². The van der Waals surface area contributed by atoms with E-state index in [1.165, 1.54) is 4.57 Å². The van der Waals surface area contributed by atoms with Crippen LogP contribution in [-0.2, 0) is 16.4 Å². The fourth-order valence-corrected chi connectivity index (χ4v) is 2.51. The van der Waals surface area contributed by atoms with Gasteiger partial charge in [-0.25, -0.2) is 4.79 Å². The molecule has 2 aromatic rings. The van der Waals surface area contributed by atoms with E-state index in [4.69, 9.17) is 13.7 Å². The van der Waals surface area contributed by atoms with Gasteiger partial charge < -0.3 is 13.7 Å². The van der Waals surface area contributed by atoms with Gasteiger partial charge in [0, 0.05) is 7.05 Å². The third-order valence-corrected chi connectivity index (χ3v) is 4.69. The average Bonchev–Trinajstić information content (AvgIpc) is 2.73. The zero-order chi connectivity index (χ0) is 15.6. The molecule has 0 aliphatic carbocycles. The summed E-state index contributed by atoms with van der Waals surface area (Å²) in [7, 11) is 1.25. The summed E-state index contributed by atoms with van der Waals surface area (Å²) in [6.07, 6.45) is 0. The summed E-state index contributed by atoms with van der Waals surface area (Å²) in [6, 6.07) is 3.77. The van der Waals surface area contributed by atoms with Crippen molar-refractivity contribution in [2.24, 2.45) is 7.05 Å². The van der Waals surface area contributed by atoms with Crippen molar-refractivity contribution in [3.05, 3.63) is 28.2 Å². The number of fused-ring (bicyclic) bond motifs is 1. The van der Waals surface area contributed by atoms with Gasteiger partial charge >= 0.3 is 12.9 Å². The summed E-state index contributed by atoms with van der Waals surface area (Å²) in [5.41, 5.74) is 2.46. The van der Waals surface area contributed by atoms with Crippen LogP contribution in [0.3, 0.4) is 0 Å². The lowest BCUT2D eigenvalue weighted by Crippen LogP contribution is -2.41. The second kappa shape index (κ2) is 4.24. The molecule has 0 saturated carbocycles. The molecule has 0 radical (unpaired) electrons. The number of aromatic nitrogens is 1. The Kier molecular flexibility index (Phi) is 2.91. The second-order valence-corrected chi connectivity index (χ2v) is 6.69. The topological polar surface area (TPSA) is 53.6 Å². The SMILES string of the molecule is Cc1cc2oc(=O)n(C)c2cc1B1OC(C)(C)C(C)(C)O1. The van der Waals surface area contributed by atoms with Crippen LogP contribution in [0.4, 0.5) is 0 Å². The standard InChI is InChI=1S/C15H20BNO4/c1-9-7-12-11(17(6)13(18)19-12)8-10(9)16-20-14(2,3)15(4,5)21-16/h7-8H,1-6H3. The highest BCUT2D eigenvalue weighted by Gasteiger charge is 2.52. The smallest absolute Gasteiger partial charge is 0.408 e.